The van der Waals surface area contributed by atoms with E-state index >= 15 is 0 Å². The summed E-state index contributed by atoms with van der Waals surface area (Å²) in [5, 5.41) is 17.9. The van der Waals surface area contributed by atoms with Crippen LogP contribution in [-0.2, 0) is 20.5 Å². The van der Waals surface area contributed by atoms with Crippen molar-refractivity contribution in [2.45, 2.75) is 12.5 Å². The van der Waals surface area contributed by atoms with Crippen LogP contribution in [0.2, 0.25) is 0 Å². The third-order valence-corrected chi connectivity index (χ3v) is 2.55. The molecule has 7 heteroatoms. The Labute approximate surface area is 92.5 Å². The highest BCUT2D eigenvalue weighted by Crippen LogP contribution is 2.21. The van der Waals surface area contributed by atoms with Crippen molar-refractivity contribution in [3.8, 4) is 0 Å². The second-order valence-corrected chi connectivity index (χ2v) is 3.63. The Morgan fingerprint density at radius 1 is 1.38 bits per heavy atom. The molecule has 16 heavy (non-hydrogen) atoms. The Hall–Kier alpha value is -1.89. The first-order valence-electron chi connectivity index (χ1n) is 4.88. The molecule has 0 aliphatic carbocycles. The first-order valence-corrected chi connectivity index (χ1v) is 4.88. The van der Waals surface area contributed by atoms with Crippen molar-refractivity contribution in [3.05, 3.63) is 23.9 Å². The highest BCUT2D eigenvalue weighted by molar-refractivity contribution is 5.40. The van der Waals surface area contributed by atoms with Crippen molar-refractivity contribution >= 4 is 5.82 Å². The number of anilines is 1. The van der Waals surface area contributed by atoms with E-state index in [1.165, 1.54) is 11.0 Å². The van der Waals surface area contributed by atoms with E-state index < -0.39 is 6.10 Å². The summed E-state index contributed by atoms with van der Waals surface area (Å²) in [4.78, 5) is 4.04. The van der Waals surface area contributed by atoms with Gasteiger partial charge in [-0.2, -0.15) is 10.2 Å². The van der Waals surface area contributed by atoms with Crippen molar-refractivity contribution < 1.29 is 5.11 Å². The molecule has 2 rings (SSSR count). The van der Waals surface area contributed by atoms with E-state index in [-0.39, 0.29) is 0 Å². The van der Waals surface area contributed by atoms with Crippen LogP contribution in [0.25, 0.3) is 0 Å². The fraction of sp³-hybridized carbons (Fsp3) is 0.444. The number of nitrogens with two attached hydrogens (primary N) is 1. The number of hydrogen-bond donors (Lipinski definition) is 2. The SMILES string of the molecule is Cn1ncnc1CC(O)c1cnn(C)c1N. The Morgan fingerprint density at radius 2 is 2.12 bits per heavy atom. The summed E-state index contributed by atoms with van der Waals surface area (Å²) in [7, 11) is 3.51. The van der Waals surface area contributed by atoms with Gasteiger partial charge in [-0.15, -0.1) is 0 Å². The van der Waals surface area contributed by atoms with Crippen LogP contribution in [0.4, 0.5) is 5.82 Å². The first kappa shape index (κ1) is 10.6. The average Bonchev–Trinajstić information content (AvgIpc) is 2.77. The lowest BCUT2D eigenvalue weighted by Crippen LogP contribution is -2.09. The van der Waals surface area contributed by atoms with Crippen LogP contribution < -0.4 is 5.73 Å². The van der Waals surface area contributed by atoms with Crippen LogP contribution in [0.15, 0.2) is 12.5 Å². The molecule has 86 valence electrons. The van der Waals surface area contributed by atoms with Crippen LogP contribution in [0.3, 0.4) is 0 Å². The fourth-order valence-corrected chi connectivity index (χ4v) is 1.51. The van der Waals surface area contributed by atoms with Gasteiger partial charge in [-0.05, 0) is 0 Å². The predicted molar refractivity (Wildman–Crippen MR) is 57.3 cm³/mol. The lowest BCUT2D eigenvalue weighted by Gasteiger charge is -2.09. The van der Waals surface area contributed by atoms with Gasteiger partial charge in [0, 0.05) is 26.1 Å². The lowest BCUT2D eigenvalue weighted by atomic mass is 10.1. The molecule has 0 bridgehead atoms. The Kier molecular flexibility index (Phi) is 2.61. The standard InChI is InChI=1S/C9H14N6O/c1-14-8(11-5-13-14)3-7(16)6-4-12-15(2)9(6)10/h4-5,7,16H,3,10H2,1-2H3. The third kappa shape index (κ3) is 1.76. The smallest absolute Gasteiger partial charge is 0.138 e. The summed E-state index contributed by atoms with van der Waals surface area (Å²) in [6.45, 7) is 0. The number of nitrogens with zero attached hydrogens (tertiary/aromatic N) is 5. The highest BCUT2D eigenvalue weighted by Gasteiger charge is 2.17. The minimum atomic E-state index is -0.711. The summed E-state index contributed by atoms with van der Waals surface area (Å²) >= 11 is 0. The van der Waals surface area contributed by atoms with Crippen LogP contribution in [-0.4, -0.2) is 29.7 Å². The number of aryl methyl sites for hydroxylation is 2. The maximum absolute atomic E-state index is 10.00. The maximum atomic E-state index is 10.00. The number of rotatable bonds is 3. The molecule has 2 heterocycles. The summed E-state index contributed by atoms with van der Waals surface area (Å²) in [5.74, 6) is 1.17. The van der Waals surface area contributed by atoms with Gasteiger partial charge in [-0.3, -0.25) is 9.36 Å². The molecule has 2 aromatic rings. The number of hydrogen-bond acceptors (Lipinski definition) is 5. The van der Waals surface area contributed by atoms with Gasteiger partial charge in [-0.1, -0.05) is 0 Å². The van der Waals surface area contributed by atoms with Crippen molar-refractivity contribution in [3.63, 3.8) is 0 Å². The molecule has 2 aromatic heterocycles. The number of aliphatic hydroxyl groups is 1. The van der Waals surface area contributed by atoms with E-state index in [4.69, 9.17) is 5.73 Å². The minimum Gasteiger partial charge on any atom is -0.388 e. The second-order valence-electron chi connectivity index (χ2n) is 3.63. The van der Waals surface area contributed by atoms with Gasteiger partial charge in [0.25, 0.3) is 0 Å². The van der Waals surface area contributed by atoms with Crippen LogP contribution in [0, 0.1) is 0 Å². The van der Waals surface area contributed by atoms with E-state index in [0.29, 0.717) is 23.6 Å². The number of aliphatic hydroxyl groups excluding tert-OH is 1. The normalized spacial score (nSPS) is 12.9. The average molecular weight is 222 g/mol. The molecule has 0 spiro atoms. The number of aromatic nitrogens is 5. The monoisotopic (exact) mass is 222 g/mol. The van der Waals surface area contributed by atoms with Gasteiger partial charge in [0.2, 0.25) is 0 Å². The fourth-order valence-electron chi connectivity index (χ4n) is 1.51. The van der Waals surface area contributed by atoms with E-state index in [1.807, 2.05) is 0 Å². The molecule has 0 amide bonds. The molecule has 0 aromatic carbocycles. The summed E-state index contributed by atoms with van der Waals surface area (Å²) in [6, 6.07) is 0. The van der Waals surface area contributed by atoms with E-state index in [0.717, 1.165) is 0 Å². The zero-order chi connectivity index (χ0) is 11.7. The zero-order valence-electron chi connectivity index (χ0n) is 9.20. The van der Waals surface area contributed by atoms with Crippen LogP contribution in [0.5, 0.6) is 0 Å². The van der Waals surface area contributed by atoms with E-state index in [9.17, 15) is 5.11 Å². The zero-order valence-corrected chi connectivity index (χ0v) is 9.20. The molecule has 0 aliphatic rings. The van der Waals surface area contributed by atoms with Gasteiger partial charge >= 0.3 is 0 Å². The van der Waals surface area contributed by atoms with Crippen molar-refractivity contribution in [2.24, 2.45) is 14.1 Å². The topological polar surface area (TPSA) is 94.8 Å². The number of nitrogen functional groups attached to an aromatic ring is 1. The van der Waals surface area contributed by atoms with Crippen LogP contribution >= 0.6 is 0 Å². The summed E-state index contributed by atoms with van der Waals surface area (Å²) in [6.07, 6.45) is 2.67. The molecular weight excluding hydrogens is 208 g/mol. The van der Waals surface area contributed by atoms with Crippen molar-refractivity contribution in [2.75, 3.05) is 5.73 Å². The largest absolute Gasteiger partial charge is 0.388 e. The minimum absolute atomic E-state index is 0.367. The Morgan fingerprint density at radius 3 is 2.62 bits per heavy atom. The van der Waals surface area contributed by atoms with Gasteiger partial charge in [0.1, 0.15) is 18.0 Å². The molecule has 0 radical (unpaired) electrons. The van der Waals surface area contributed by atoms with Crippen molar-refractivity contribution in [1.82, 2.24) is 24.5 Å². The van der Waals surface area contributed by atoms with Gasteiger partial charge < -0.3 is 10.8 Å². The molecule has 1 atom stereocenters. The lowest BCUT2D eigenvalue weighted by molar-refractivity contribution is 0.175. The highest BCUT2D eigenvalue weighted by atomic mass is 16.3. The molecule has 3 N–H and O–H groups in total. The van der Waals surface area contributed by atoms with E-state index in [1.54, 1.807) is 25.0 Å². The predicted octanol–water partition coefficient (Wildman–Crippen LogP) is -0.593. The Bertz CT molecular complexity index is 488. The molecule has 0 saturated heterocycles. The molecule has 7 nitrogen and oxygen atoms in total. The second kappa shape index (κ2) is 3.93. The van der Waals surface area contributed by atoms with Gasteiger partial charge in [0.05, 0.1) is 12.3 Å². The summed E-state index contributed by atoms with van der Waals surface area (Å²) in [5.41, 5.74) is 6.38. The van der Waals surface area contributed by atoms with E-state index in [2.05, 4.69) is 15.2 Å². The van der Waals surface area contributed by atoms with Gasteiger partial charge in [-0.25, -0.2) is 4.98 Å². The summed E-state index contributed by atoms with van der Waals surface area (Å²) < 4.78 is 3.14. The third-order valence-electron chi connectivity index (χ3n) is 2.55. The quantitative estimate of drug-likeness (QED) is 0.723. The maximum Gasteiger partial charge on any atom is 0.138 e. The first-order chi connectivity index (χ1) is 7.59. The molecule has 0 aliphatic heterocycles. The molecule has 1 unspecified atom stereocenters. The Balaban J connectivity index is 2.18. The molecular formula is C9H14N6O. The van der Waals surface area contributed by atoms with Crippen LogP contribution in [0.1, 0.15) is 17.5 Å². The van der Waals surface area contributed by atoms with Gasteiger partial charge in [0.15, 0.2) is 0 Å². The molecule has 0 saturated carbocycles. The molecule has 0 fully saturated rings. The van der Waals surface area contributed by atoms with Crippen molar-refractivity contribution in [1.29, 1.82) is 0 Å².